The number of aryl methyl sites for hydroxylation is 1. The van der Waals surface area contributed by atoms with E-state index in [0.29, 0.717) is 0 Å². The van der Waals surface area contributed by atoms with E-state index in [1.54, 1.807) is 19.6 Å². The molecule has 0 bridgehead atoms. The zero-order chi connectivity index (χ0) is 11.3. The summed E-state index contributed by atoms with van der Waals surface area (Å²) in [7, 11) is 1.72. The summed E-state index contributed by atoms with van der Waals surface area (Å²) in [5.74, 6) is 0. The van der Waals surface area contributed by atoms with Crippen molar-refractivity contribution in [1.82, 2.24) is 0 Å². The summed E-state index contributed by atoms with van der Waals surface area (Å²) < 4.78 is 0. The number of nitrogens with one attached hydrogen (secondary N) is 1. The topological polar surface area (TPSA) is 39.5 Å². The summed E-state index contributed by atoms with van der Waals surface area (Å²) in [5, 5.41) is 7.16. The van der Waals surface area contributed by atoms with Gasteiger partial charge in [0.1, 0.15) is 0 Å². The van der Waals surface area contributed by atoms with Crippen LogP contribution in [0.3, 0.4) is 0 Å². The van der Waals surface area contributed by atoms with Gasteiger partial charge in [-0.3, -0.25) is 4.99 Å². The zero-order valence-corrected chi connectivity index (χ0v) is 9.07. The van der Waals surface area contributed by atoms with Gasteiger partial charge in [-0.15, -0.1) is 0 Å². The molecule has 0 atom stereocenters. The van der Waals surface area contributed by atoms with Gasteiger partial charge in [-0.05, 0) is 30.2 Å². The molecule has 0 saturated heterocycles. The molecule has 0 fully saturated rings. The van der Waals surface area contributed by atoms with Crippen molar-refractivity contribution in [2.45, 2.75) is 6.92 Å². The smallest absolute Gasteiger partial charge is 0.0931 e. The van der Waals surface area contributed by atoms with Crippen LogP contribution in [-0.4, -0.2) is 19.6 Å². The fourth-order valence-electron chi connectivity index (χ4n) is 1.39. The quantitative estimate of drug-likeness (QED) is 0.590. The molecular formula is C12H15N3. The van der Waals surface area contributed by atoms with Crippen LogP contribution < -0.4 is 4.90 Å². The Balaban J connectivity index is 3.13. The Morgan fingerprint density at radius 2 is 2.20 bits per heavy atom. The highest BCUT2D eigenvalue weighted by Gasteiger charge is 2.03. The van der Waals surface area contributed by atoms with Crippen molar-refractivity contribution in [3.63, 3.8) is 0 Å². The van der Waals surface area contributed by atoms with E-state index in [4.69, 9.17) is 5.41 Å². The number of aliphatic imine (C=N–C) groups is 1. The normalized spacial score (nSPS) is 10.3. The molecule has 0 radical (unpaired) electrons. The second-order valence-corrected chi connectivity index (χ2v) is 3.15. The summed E-state index contributed by atoms with van der Waals surface area (Å²) in [6.45, 7) is 5.73. The van der Waals surface area contributed by atoms with Crippen molar-refractivity contribution < 1.29 is 0 Å². The Hall–Kier alpha value is -1.90. The van der Waals surface area contributed by atoms with Gasteiger partial charge in [0.25, 0.3) is 0 Å². The van der Waals surface area contributed by atoms with E-state index >= 15 is 0 Å². The molecule has 15 heavy (non-hydrogen) atoms. The van der Waals surface area contributed by atoms with Crippen LogP contribution >= 0.6 is 0 Å². The summed E-state index contributed by atoms with van der Waals surface area (Å²) in [6, 6.07) is 5.82. The second-order valence-electron chi connectivity index (χ2n) is 3.15. The van der Waals surface area contributed by atoms with Gasteiger partial charge in [-0.1, -0.05) is 12.6 Å². The van der Waals surface area contributed by atoms with Gasteiger partial charge >= 0.3 is 0 Å². The fourth-order valence-corrected chi connectivity index (χ4v) is 1.39. The largest absolute Gasteiger partial charge is 0.309 e. The molecule has 0 aliphatic rings. The number of anilines is 1. The van der Waals surface area contributed by atoms with E-state index in [1.807, 2.05) is 30.0 Å². The highest BCUT2D eigenvalue weighted by Crippen LogP contribution is 2.19. The molecule has 78 valence electrons. The minimum atomic E-state index is 0.897. The first-order chi connectivity index (χ1) is 7.22. The van der Waals surface area contributed by atoms with E-state index < -0.39 is 0 Å². The molecule has 1 aromatic carbocycles. The monoisotopic (exact) mass is 201 g/mol. The predicted octanol–water partition coefficient (Wildman–Crippen LogP) is 2.60. The lowest BCUT2D eigenvalue weighted by molar-refractivity contribution is 1.30. The molecule has 0 aromatic heterocycles. The maximum Gasteiger partial charge on any atom is 0.0931 e. The van der Waals surface area contributed by atoms with Crippen LogP contribution in [0.2, 0.25) is 0 Å². The van der Waals surface area contributed by atoms with Crippen LogP contribution in [0.15, 0.2) is 36.0 Å². The van der Waals surface area contributed by atoms with Gasteiger partial charge in [-0.25, -0.2) is 0 Å². The average Bonchev–Trinajstić information content (AvgIpc) is 2.26. The van der Waals surface area contributed by atoms with Gasteiger partial charge in [0.05, 0.1) is 6.34 Å². The molecule has 1 aromatic rings. The van der Waals surface area contributed by atoms with Crippen molar-refractivity contribution >= 4 is 18.2 Å². The van der Waals surface area contributed by atoms with Crippen LogP contribution in [0.1, 0.15) is 11.1 Å². The van der Waals surface area contributed by atoms with Gasteiger partial charge in [-0.2, -0.15) is 0 Å². The Kier molecular flexibility index (Phi) is 3.80. The molecule has 0 aliphatic carbocycles. The number of rotatable bonds is 4. The summed E-state index contributed by atoms with van der Waals surface area (Å²) >= 11 is 0. The van der Waals surface area contributed by atoms with Crippen molar-refractivity contribution in [3.8, 4) is 0 Å². The molecular weight excluding hydrogens is 186 g/mol. The Labute approximate surface area is 90.3 Å². The minimum Gasteiger partial charge on any atom is -0.309 e. The van der Waals surface area contributed by atoms with Crippen molar-refractivity contribution in [1.29, 1.82) is 5.41 Å². The number of hydrogen-bond acceptors (Lipinski definition) is 2. The SMILES string of the molecule is C=CN(C=NC)c1ccc(C=N)cc1C. The van der Waals surface area contributed by atoms with Crippen molar-refractivity contribution in [2.75, 3.05) is 11.9 Å². The van der Waals surface area contributed by atoms with Crippen LogP contribution in [0.5, 0.6) is 0 Å². The summed E-state index contributed by atoms with van der Waals surface area (Å²) in [5.41, 5.74) is 3.02. The fraction of sp³-hybridized carbons (Fsp3) is 0.167. The molecule has 0 saturated carbocycles. The number of nitrogens with zero attached hydrogens (tertiary/aromatic N) is 2. The first kappa shape index (κ1) is 11.2. The molecule has 0 heterocycles. The van der Waals surface area contributed by atoms with Crippen LogP contribution in [-0.2, 0) is 0 Å². The third-order valence-corrected chi connectivity index (χ3v) is 2.10. The molecule has 0 unspecified atom stereocenters. The van der Waals surface area contributed by atoms with Crippen LogP contribution in [0, 0.1) is 12.3 Å². The molecule has 3 nitrogen and oxygen atoms in total. The molecule has 1 N–H and O–H groups in total. The van der Waals surface area contributed by atoms with Gasteiger partial charge in [0.2, 0.25) is 0 Å². The van der Waals surface area contributed by atoms with Crippen molar-refractivity contribution in [3.05, 3.63) is 42.1 Å². The van der Waals surface area contributed by atoms with E-state index in [1.165, 1.54) is 6.21 Å². The van der Waals surface area contributed by atoms with Crippen LogP contribution in [0.25, 0.3) is 0 Å². The number of hydrogen-bond donors (Lipinski definition) is 1. The standard InChI is InChI=1S/C12H15N3/c1-4-15(9-14-3)12-6-5-11(8-13)7-10(12)2/h4-9,13H,1H2,2-3H3. The van der Waals surface area contributed by atoms with E-state index in [-0.39, 0.29) is 0 Å². The van der Waals surface area contributed by atoms with Crippen LogP contribution in [0.4, 0.5) is 5.69 Å². The predicted molar refractivity (Wildman–Crippen MR) is 66.2 cm³/mol. The molecule has 0 aliphatic heterocycles. The molecule has 0 spiro atoms. The highest BCUT2D eigenvalue weighted by atomic mass is 15.1. The first-order valence-electron chi connectivity index (χ1n) is 4.67. The lowest BCUT2D eigenvalue weighted by atomic mass is 10.1. The van der Waals surface area contributed by atoms with Gasteiger partial charge in [0.15, 0.2) is 0 Å². The van der Waals surface area contributed by atoms with Gasteiger partial charge < -0.3 is 10.3 Å². The van der Waals surface area contributed by atoms with Gasteiger partial charge in [0, 0.05) is 25.1 Å². The van der Waals surface area contributed by atoms with E-state index in [9.17, 15) is 0 Å². The summed E-state index contributed by atoms with van der Waals surface area (Å²) in [4.78, 5) is 5.80. The average molecular weight is 201 g/mol. The van der Waals surface area contributed by atoms with E-state index in [2.05, 4.69) is 11.6 Å². The Morgan fingerprint density at radius 1 is 1.47 bits per heavy atom. The third kappa shape index (κ3) is 2.53. The maximum atomic E-state index is 7.16. The molecule has 1 rings (SSSR count). The maximum absolute atomic E-state index is 7.16. The zero-order valence-electron chi connectivity index (χ0n) is 9.07. The molecule has 0 amide bonds. The Morgan fingerprint density at radius 3 is 2.67 bits per heavy atom. The lowest BCUT2D eigenvalue weighted by Crippen LogP contribution is -2.13. The minimum absolute atomic E-state index is 0.897. The summed E-state index contributed by atoms with van der Waals surface area (Å²) in [6.07, 6.45) is 4.75. The highest BCUT2D eigenvalue weighted by molar-refractivity contribution is 5.85. The second kappa shape index (κ2) is 5.10. The van der Waals surface area contributed by atoms with Crippen molar-refractivity contribution in [2.24, 2.45) is 4.99 Å². The lowest BCUT2D eigenvalue weighted by Gasteiger charge is -2.16. The van der Waals surface area contributed by atoms with E-state index in [0.717, 1.165) is 16.8 Å². The third-order valence-electron chi connectivity index (χ3n) is 2.10. The number of benzene rings is 1. The Bertz CT molecular complexity index is 394. The molecule has 3 heteroatoms. The first-order valence-corrected chi connectivity index (χ1v) is 4.67.